The fraction of sp³-hybridized carbons (Fsp3) is 0.375. The molecule has 0 aliphatic carbocycles. The van der Waals surface area contributed by atoms with Gasteiger partial charge in [0.2, 0.25) is 0 Å². The lowest BCUT2D eigenvalue weighted by Gasteiger charge is -2.36. The van der Waals surface area contributed by atoms with Crippen LogP contribution in [0.4, 0.5) is 52.1 Å². The Morgan fingerprint density at radius 2 is 0.854 bits per heavy atom. The number of nitrogen functional groups attached to an aromatic ring is 1. The van der Waals surface area contributed by atoms with E-state index >= 15 is 0 Å². The number of nitrogens with two attached hydrogens (primary N) is 1. The number of pyridine rings is 2. The summed E-state index contributed by atoms with van der Waals surface area (Å²) in [6, 6.07) is 29.7. The van der Waals surface area contributed by atoms with E-state index in [0.717, 1.165) is 63.4 Å². The van der Waals surface area contributed by atoms with Crippen molar-refractivity contribution in [1.82, 2.24) is 25.1 Å². The van der Waals surface area contributed by atoms with Gasteiger partial charge in [0.1, 0.15) is 21.7 Å². The summed E-state index contributed by atoms with van der Waals surface area (Å²) in [6.07, 6.45) is 5.66. The van der Waals surface area contributed by atoms with Gasteiger partial charge >= 0.3 is 24.2 Å². The van der Waals surface area contributed by atoms with Gasteiger partial charge in [0.25, 0.3) is 11.8 Å². The lowest BCUT2D eigenvalue weighted by molar-refractivity contribution is 0.0230. The number of amides is 5. The average Bonchev–Trinajstić information content (AvgIpc) is 2.99. The maximum absolute atomic E-state index is 13.4. The zero-order valence-electron chi connectivity index (χ0n) is 51.6. The molecule has 7 N–H and O–H groups in total. The third-order valence-corrected chi connectivity index (χ3v) is 17.0. The summed E-state index contributed by atoms with van der Waals surface area (Å²) in [6.45, 7) is 25.2. The van der Waals surface area contributed by atoms with Gasteiger partial charge < -0.3 is 65.5 Å². The number of benzene rings is 2. The molecule has 0 spiro atoms. The van der Waals surface area contributed by atoms with Crippen LogP contribution in [-0.4, -0.2) is 156 Å². The van der Waals surface area contributed by atoms with E-state index in [1.807, 2.05) is 120 Å². The number of carboxylic acid groups (broad SMARTS) is 1. The smallest absolute Gasteiger partial charge is 0.412 e. The van der Waals surface area contributed by atoms with Gasteiger partial charge in [-0.25, -0.2) is 19.2 Å². The minimum atomic E-state index is -0.904. The molecule has 0 atom stereocenters. The van der Waals surface area contributed by atoms with Crippen LogP contribution in [-0.2, 0) is 14.2 Å². The Kier molecular flexibility index (Phi) is 21.9. The Balaban J connectivity index is 0.000000184. The molecule has 89 heavy (non-hydrogen) atoms. The number of piperazine rings is 3. The first-order chi connectivity index (χ1) is 42.2. The molecule has 0 radical (unpaired) electrons. The molecule has 0 unspecified atom stereocenters. The first-order valence-corrected chi connectivity index (χ1v) is 31.6. The molecular formula is C64H78N12O10S3. The summed E-state index contributed by atoms with van der Waals surface area (Å²) >= 11 is 4.14. The first kappa shape index (κ1) is 66.2. The van der Waals surface area contributed by atoms with Crippen molar-refractivity contribution in [2.75, 3.05) is 115 Å². The third-order valence-electron chi connectivity index (χ3n) is 13.6. The molecule has 472 valence electrons. The topological polar surface area (TPSA) is 266 Å². The van der Waals surface area contributed by atoms with Gasteiger partial charge in [0.15, 0.2) is 0 Å². The van der Waals surface area contributed by atoms with Crippen molar-refractivity contribution in [2.24, 2.45) is 0 Å². The van der Waals surface area contributed by atoms with Gasteiger partial charge in [-0.3, -0.25) is 24.9 Å². The number of rotatable bonds is 11. The van der Waals surface area contributed by atoms with Gasteiger partial charge in [-0.05, 0) is 169 Å². The molecule has 0 saturated carbocycles. The van der Waals surface area contributed by atoms with Crippen LogP contribution in [0.1, 0.15) is 91.3 Å². The van der Waals surface area contributed by atoms with Crippen LogP contribution in [0.3, 0.4) is 0 Å². The summed E-state index contributed by atoms with van der Waals surface area (Å²) in [5, 5.41) is 23.9. The largest absolute Gasteiger partial charge is 0.477 e. The molecule has 5 amide bonds. The monoisotopic (exact) mass is 1270 g/mol. The lowest BCUT2D eigenvalue weighted by Crippen LogP contribution is -2.49. The summed E-state index contributed by atoms with van der Waals surface area (Å²) in [4.78, 5) is 93.4. The zero-order chi connectivity index (χ0) is 64.0. The molecule has 8 heterocycles. The molecule has 3 aliphatic heterocycles. The van der Waals surface area contributed by atoms with Crippen molar-refractivity contribution in [1.29, 1.82) is 0 Å². The van der Waals surface area contributed by atoms with Crippen molar-refractivity contribution in [2.45, 2.75) is 79.1 Å². The number of nitrogens with one attached hydrogen (secondary N) is 4. The molecule has 10 rings (SSSR count). The minimum absolute atomic E-state index is 0.139. The van der Waals surface area contributed by atoms with Crippen LogP contribution in [0.15, 0.2) is 122 Å². The van der Waals surface area contributed by atoms with E-state index in [0.29, 0.717) is 89.7 Å². The number of nitrogens with zero attached hydrogens (tertiary/aromatic N) is 7. The molecule has 5 aromatic heterocycles. The standard InChI is InChI=1S/C30H37N5O5S.C20H21N5OS.C14H20N2O4S/c1-29(2,3)39-27(37)33-22-8-7-21(20-11-13-31-14-12-20)19-23(22)32-26(36)24-9-10-25(41-24)34-15-17-35(18-16-34)28(38)40-30(4,5)6;21-16-2-1-15(14-5-7-22-8-6-14)13-17(16)24-20(26)18-3-4-19(27-18)25-11-9-23-10-12-25;1-14(2,3)20-13(19)16-8-6-15(7-9-16)11-5-4-10(21-11)12(17)18/h7-14,19H,15-18H2,1-6H3,(H,32,36)(H,33,37);1-8,13,23H,9-12,21H2,(H,24,26);4-5H,6-9H2,1-3H3,(H,17,18). The van der Waals surface area contributed by atoms with Crippen molar-refractivity contribution in [3.8, 4) is 22.3 Å². The Hall–Kier alpha value is -8.78. The predicted octanol–water partition coefficient (Wildman–Crippen LogP) is 12.0. The van der Waals surface area contributed by atoms with Crippen molar-refractivity contribution < 1.29 is 48.1 Å². The summed E-state index contributed by atoms with van der Waals surface area (Å²) in [5.41, 5.74) is 10.2. The quantitative estimate of drug-likeness (QED) is 0.0519. The first-order valence-electron chi connectivity index (χ1n) is 29.2. The molecule has 2 aromatic carbocycles. The number of aromatic nitrogens is 2. The van der Waals surface area contributed by atoms with E-state index in [-0.39, 0.29) is 24.0 Å². The number of carbonyl (C=O) groups is 6. The van der Waals surface area contributed by atoms with Crippen LogP contribution < -0.4 is 41.7 Å². The van der Waals surface area contributed by atoms with Gasteiger partial charge in [0, 0.05) is 103 Å². The van der Waals surface area contributed by atoms with E-state index in [4.69, 9.17) is 25.1 Å². The van der Waals surface area contributed by atoms with Crippen LogP contribution in [0.2, 0.25) is 0 Å². The lowest BCUT2D eigenvalue weighted by atomic mass is 10.1. The maximum atomic E-state index is 13.4. The second kappa shape index (κ2) is 29.5. The fourth-order valence-electron chi connectivity index (χ4n) is 9.26. The number of ether oxygens (including phenoxy) is 3. The van der Waals surface area contributed by atoms with E-state index in [1.165, 1.54) is 34.0 Å². The molecule has 7 aromatic rings. The Bertz CT molecular complexity index is 3550. The number of anilines is 7. The number of hydrogen-bond acceptors (Lipinski definition) is 19. The summed E-state index contributed by atoms with van der Waals surface area (Å²) in [7, 11) is 0. The zero-order valence-corrected chi connectivity index (χ0v) is 54.0. The molecule has 3 saturated heterocycles. The Morgan fingerprint density at radius 1 is 0.461 bits per heavy atom. The summed E-state index contributed by atoms with van der Waals surface area (Å²) < 4.78 is 16.2. The number of thiophene rings is 3. The van der Waals surface area contributed by atoms with Gasteiger partial charge in [0.05, 0.1) is 47.5 Å². The highest BCUT2D eigenvalue weighted by atomic mass is 32.1. The highest BCUT2D eigenvalue weighted by Gasteiger charge is 2.29. The van der Waals surface area contributed by atoms with Gasteiger partial charge in [-0.1, -0.05) is 12.1 Å². The summed E-state index contributed by atoms with van der Waals surface area (Å²) in [5.74, 6) is -1.34. The predicted molar refractivity (Wildman–Crippen MR) is 355 cm³/mol. The van der Waals surface area contributed by atoms with Gasteiger partial charge in [-0.15, -0.1) is 34.0 Å². The van der Waals surface area contributed by atoms with E-state index in [1.54, 1.807) is 73.6 Å². The highest BCUT2D eigenvalue weighted by Crippen LogP contribution is 2.34. The van der Waals surface area contributed by atoms with Crippen molar-refractivity contribution in [3.63, 3.8) is 0 Å². The van der Waals surface area contributed by atoms with Crippen molar-refractivity contribution in [3.05, 3.63) is 136 Å². The molecule has 22 nitrogen and oxygen atoms in total. The minimum Gasteiger partial charge on any atom is -0.477 e. The van der Waals surface area contributed by atoms with E-state index in [9.17, 15) is 28.8 Å². The second-order valence-corrected chi connectivity index (χ2v) is 27.1. The number of hydrogen-bond donors (Lipinski definition) is 6. The number of carbonyl (C=O) groups excluding carboxylic acids is 5. The van der Waals surface area contributed by atoms with Crippen LogP contribution >= 0.6 is 34.0 Å². The highest BCUT2D eigenvalue weighted by molar-refractivity contribution is 7.18. The van der Waals surface area contributed by atoms with Crippen molar-refractivity contribution >= 4 is 108 Å². The number of carboxylic acids is 1. The van der Waals surface area contributed by atoms with E-state index < -0.39 is 28.9 Å². The third kappa shape index (κ3) is 19.6. The second-order valence-electron chi connectivity index (χ2n) is 23.9. The van der Waals surface area contributed by atoms with Crippen LogP contribution in [0.25, 0.3) is 22.3 Å². The molecule has 3 fully saturated rings. The SMILES string of the molecule is CC(C)(C)OC(=O)N1CCN(c2ccc(C(=O)O)s2)CC1.CC(C)(C)OC(=O)Nc1ccc(-c2ccncc2)cc1NC(=O)c1ccc(N2CCN(C(=O)OC(C)(C)C)CC2)s1.Nc1ccc(-c2ccncc2)cc1NC(=O)c1ccc(N2CCNCC2)s1. The Morgan fingerprint density at radius 3 is 1.28 bits per heavy atom. The molecule has 25 heteroatoms. The van der Waals surface area contributed by atoms with E-state index in [2.05, 4.69) is 45.9 Å². The Labute approximate surface area is 531 Å². The normalized spacial score (nSPS) is 14.5. The van der Waals surface area contributed by atoms with Gasteiger partial charge in [-0.2, -0.15) is 0 Å². The molecule has 3 aliphatic rings. The number of aromatic carboxylic acids is 1. The van der Waals surface area contributed by atoms with Crippen LogP contribution in [0, 0.1) is 0 Å². The maximum Gasteiger partial charge on any atom is 0.412 e. The average molecular weight is 1270 g/mol. The molecule has 0 bridgehead atoms. The van der Waals surface area contributed by atoms with Crippen LogP contribution in [0.5, 0.6) is 0 Å². The molecular weight excluding hydrogens is 1190 g/mol. The fourth-order valence-corrected chi connectivity index (χ4v) is 12.1.